The largest absolute Gasteiger partial charge is 0.488 e. The van der Waals surface area contributed by atoms with Gasteiger partial charge in [0.1, 0.15) is 5.78 Å². The maximum atomic E-state index is 12.5. The van der Waals surface area contributed by atoms with E-state index in [0.29, 0.717) is 22.5 Å². The van der Waals surface area contributed by atoms with E-state index in [1.165, 1.54) is 19.2 Å². The Balaban J connectivity index is 2.09. The van der Waals surface area contributed by atoms with Crippen LogP contribution in [0, 0.1) is 6.92 Å². The van der Waals surface area contributed by atoms with Gasteiger partial charge >= 0.3 is 6.18 Å². The minimum atomic E-state index is -4.50. The molecule has 0 bridgehead atoms. The van der Waals surface area contributed by atoms with E-state index in [-0.39, 0.29) is 42.9 Å². The summed E-state index contributed by atoms with van der Waals surface area (Å²) in [4.78, 5) is 31.9. The average Bonchev–Trinajstić information content (AvgIpc) is 2.63. The number of ether oxygens (including phenoxy) is 2. The van der Waals surface area contributed by atoms with Crippen LogP contribution in [0.1, 0.15) is 41.2 Å². The summed E-state index contributed by atoms with van der Waals surface area (Å²) in [6.45, 7) is 3.61. The van der Waals surface area contributed by atoms with Crippen LogP contribution < -0.4 is 14.8 Å². The van der Waals surface area contributed by atoms with E-state index < -0.39 is 12.8 Å². The van der Waals surface area contributed by atoms with E-state index >= 15 is 0 Å². The van der Waals surface area contributed by atoms with Crippen molar-refractivity contribution in [2.45, 2.75) is 39.9 Å². The number of nitrogens with one attached hydrogen (secondary N) is 1. The van der Waals surface area contributed by atoms with Crippen molar-refractivity contribution < 1.29 is 32.2 Å². The first kappa shape index (κ1) is 23.1. The van der Waals surface area contributed by atoms with E-state index in [4.69, 9.17) is 4.74 Å². The molecule has 0 aliphatic heterocycles. The minimum absolute atomic E-state index is 0.0528. The fraction of sp³-hybridized carbons (Fsp3) is 0.400. The number of pyridine rings is 2. The Morgan fingerprint density at radius 3 is 2.53 bits per heavy atom. The normalized spacial score (nSPS) is 11.1. The Kier molecular flexibility index (Phi) is 7.73. The molecule has 0 spiro atoms. The number of aryl methyl sites for hydroxylation is 1. The van der Waals surface area contributed by atoms with Crippen LogP contribution in [0.3, 0.4) is 0 Å². The van der Waals surface area contributed by atoms with Crippen molar-refractivity contribution in [1.29, 1.82) is 0 Å². The summed E-state index contributed by atoms with van der Waals surface area (Å²) in [6.07, 6.45) is -3.07. The Labute approximate surface area is 171 Å². The lowest BCUT2D eigenvalue weighted by Gasteiger charge is -2.14. The lowest BCUT2D eigenvalue weighted by molar-refractivity contribution is -0.154. The van der Waals surface area contributed by atoms with E-state index in [1.807, 2.05) is 0 Å². The molecule has 10 heteroatoms. The number of aromatic nitrogens is 2. The number of ketones is 1. The molecule has 2 aromatic heterocycles. The second-order valence-corrected chi connectivity index (χ2v) is 6.53. The predicted molar refractivity (Wildman–Crippen MR) is 101 cm³/mol. The fourth-order valence-electron chi connectivity index (χ4n) is 2.59. The van der Waals surface area contributed by atoms with Crippen molar-refractivity contribution in [3.63, 3.8) is 0 Å². The Hall–Kier alpha value is -3.17. The van der Waals surface area contributed by atoms with Gasteiger partial charge in [0.2, 0.25) is 0 Å². The second kappa shape index (κ2) is 10.0. The van der Waals surface area contributed by atoms with Crippen LogP contribution in [-0.4, -0.2) is 41.0 Å². The van der Waals surface area contributed by atoms with Gasteiger partial charge in [0.15, 0.2) is 12.4 Å². The first-order chi connectivity index (χ1) is 14.1. The first-order valence-electron chi connectivity index (χ1n) is 9.14. The third-order valence-corrected chi connectivity index (χ3v) is 3.70. The highest BCUT2D eigenvalue weighted by Crippen LogP contribution is 2.27. The minimum Gasteiger partial charge on any atom is -0.488 e. The van der Waals surface area contributed by atoms with Crippen LogP contribution in [0.2, 0.25) is 0 Å². The van der Waals surface area contributed by atoms with Gasteiger partial charge in [-0.3, -0.25) is 14.6 Å². The molecule has 0 unspecified atom stereocenters. The van der Waals surface area contributed by atoms with Gasteiger partial charge in [-0.15, -0.1) is 0 Å². The molecular weight excluding hydrogens is 403 g/mol. The quantitative estimate of drug-likeness (QED) is 0.664. The number of hydrogen-bond donors (Lipinski definition) is 1. The highest BCUT2D eigenvalue weighted by molar-refractivity contribution is 5.94. The topological polar surface area (TPSA) is 90.4 Å². The van der Waals surface area contributed by atoms with E-state index in [2.05, 4.69) is 20.0 Å². The molecule has 1 amide bonds. The molecule has 0 atom stereocenters. The summed E-state index contributed by atoms with van der Waals surface area (Å²) in [7, 11) is 0. The molecule has 0 aliphatic carbocycles. The van der Waals surface area contributed by atoms with Crippen LogP contribution in [-0.2, 0) is 17.8 Å². The monoisotopic (exact) mass is 425 g/mol. The van der Waals surface area contributed by atoms with E-state index in [1.54, 1.807) is 26.0 Å². The molecule has 0 radical (unpaired) electrons. The van der Waals surface area contributed by atoms with Crippen LogP contribution >= 0.6 is 0 Å². The molecule has 0 saturated carbocycles. The van der Waals surface area contributed by atoms with Crippen molar-refractivity contribution in [3.05, 3.63) is 46.9 Å². The smallest absolute Gasteiger partial charge is 0.422 e. The molecule has 2 rings (SSSR count). The number of carbonyl (C=O) groups is 2. The van der Waals surface area contributed by atoms with Gasteiger partial charge in [-0.2, -0.15) is 13.2 Å². The van der Waals surface area contributed by atoms with Gasteiger partial charge in [0.05, 0.1) is 6.61 Å². The number of Topliss-reactive ketones (excluding diaryl/α,β-unsaturated/α-hetero) is 1. The van der Waals surface area contributed by atoms with Crippen LogP contribution in [0.25, 0.3) is 0 Å². The summed E-state index contributed by atoms with van der Waals surface area (Å²) < 4.78 is 47.1. The molecule has 30 heavy (non-hydrogen) atoms. The highest BCUT2D eigenvalue weighted by Gasteiger charge is 2.29. The molecule has 0 aromatic carbocycles. The number of amides is 1. The molecule has 1 N–H and O–H groups in total. The zero-order valence-electron chi connectivity index (χ0n) is 16.8. The molecule has 2 heterocycles. The summed E-state index contributed by atoms with van der Waals surface area (Å²) >= 11 is 0. The molecule has 0 saturated heterocycles. The van der Waals surface area contributed by atoms with Crippen molar-refractivity contribution in [2.24, 2.45) is 0 Å². The summed E-state index contributed by atoms with van der Waals surface area (Å²) in [5.74, 6) is -0.678. The maximum Gasteiger partial charge on any atom is 0.422 e. The summed E-state index contributed by atoms with van der Waals surface area (Å²) in [6, 6.07) is 4.60. The van der Waals surface area contributed by atoms with Crippen LogP contribution in [0.4, 0.5) is 13.2 Å². The lowest BCUT2D eigenvalue weighted by Crippen LogP contribution is -2.24. The Bertz CT molecular complexity index is 917. The second-order valence-electron chi connectivity index (χ2n) is 6.53. The molecule has 0 aliphatic rings. The predicted octanol–water partition coefficient (Wildman–Crippen LogP) is 3.19. The van der Waals surface area contributed by atoms with Crippen molar-refractivity contribution >= 4 is 11.7 Å². The third-order valence-electron chi connectivity index (χ3n) is 3.70. The molecule has 0 fully saturated rings. The van der Waals surface area contributed by atoms with Crippen molar-refractivity contribution in [2.75, 3.05) is 13.2 Å². The Morgan fingerprint density at radius 2 is 1.90 bits per heavy atom. The van der Waals surface area contributed by atoms with E-state index in [0.717, 1.165) is 0 Å². The number of alkyl halides is 3. The number of rotatable bonds is 9. The Morgan fingerprint density at radius 1 is 1.17 bits per heavy atom. The molecule has 2 aromatic rings. The SMILES string of the molecule is CCOc1cc(CNC(=O)c2cc(C)nc(CC(C)=O)c2)cnc1OCC(F)(F)F. The van der Waals surface area contributed by atoms with E-state index in [9.17, 15) is 22.8 Å². The molecule has 162 valence electrons. The summed E-state index contributed by atoms with van der Waals surface area (Å²) in [5.41, 5.74) is 1.97. The van der Waals surface area contributed by atoms with Gasteiger partial charge in [-0.05, 0) is 44.5 Å². The van der Waals surface area contributed by atoms with Crippen molar-refractivity contribution in [3.8, 4) is 11.6 Å². The van der Waals surface area contributed by atoms with Gasteiger partial charge in [0, 0.05) is 36.1 Å². The number of hydrogen-bond acceptors (Lipinski definition) is 6. The van der Waals surface area contributed by atoms with Crippen molar-refractivity contribution in [1.82, 2.24) is 15.3 Å². The zero-order chi connectivity index (χ0) is 22.3. The number of halogens is 3. The van der Waals surface area contributed by atoms with Crippen LogP contribution in [0.15, 0.2) is 24.4 Å². The van der Waals surface area contributed by atoms with Gasteiger partial charge in [-0.1, -0.05) is 0 Å². The summed E-state index contributed by atoms with van der Waals surface area (Å²) in [5, 5.41) is 2.70. The number of nitrogens with zero attached hydrogens (tertiary/aromatic N) is 2. The zero-order valence-corrected chi connectivity index (χ0v) is 16.8. The van der Waals surface area contributed by atoms with Gasteiger partial charge < -0.3 is 14.8 Å². The highest BCUT2D eigenvalue weighted by atomic mass is 19.4. The van der Waals surface area contributed by atoms with Gasteiger partial charge in [0.25, 0.3) is 11.8 Å². The van der Waals surface area contributed by atoms with Gasteiger partial charge in [-0.25, -0.2) is 4.98 Å². The number of carbonyl (C=O) groups excluding carboxylic acids is 2. The average molecular weight is 425 g/mol. The molecular formula is C20H22F3N3O4. The maximum absolute atomic E-state index is 12.5. The first-order valence-corrected chi connectivity index (χ1v) is 9.14. The third kappa shape index (κ3) is 7.34. The lowest BCUT2D eigenvalue weighted by atomic mass is 10.1. The molecule has 7 nitrogen and oxygen atoms in total. The fourth-order valence-corrected chi connectivity index (χ4v) is 2.59. The standard InChI is InChI=1S/C20H22F3N3O4/c1-4-29-17-7-14(10-25-19(17)30-11-20(21,22)23)9-24-18(28)15-5-12(2)26-16(8-15)6-13(3)27/h5,7-8,10H,4,6,9,11H2,1-3H3,(H,24,28). The van der Waals surface area contributed by atoms with Crippen LogP contribution in [0.5, 0.6) is 11.6 Å².